The fraction of sp³-hybridized carbons (Fsp3) is 0.867. The van der Waals surface area contributed by atoms with E-state index in [0.29, 0.717) is 12.2 Å². The SMILES string of the molecule is O=C(CC(=O)OC1CCC2OC2C1)OC1CCC2OC2C1. The molecule has 0 N–H and O–H groups in total. The first-order chi connectivity index (χ1) is 10.2. The minimum absolute atomic E-state index is 0.107. The molecule has 2 aliphatic heterocycles. The molecular weight excluding hydrogens is 276 g/mol. The molecule has 21 heavy (non-hydrogen) atoms. The van der Waals surface area contributed by atoms with Crippen molar-refractivity contribution in [3.63, 3.8) is 0 Å². The monoisotopic (exact) mass is 296 g/mol. The number of epoxide rings is 2. The van der Waals surface area contributed by atoms with E-state index in [1.165, 1.54) is 0 Å². The van der Waals surface area contributed by atoms with Crippen LogP contribution in [0.2, 0.25) is 0 Å². The molecule has 6 nitrogen and oxygen atoms in total. The minimum Gasteiger partial charge on any atom is -0.462 e. The maximum atomic E-state index is 11.8. The zero-order valence-corrected chi connectivity index (χ0v) is 11.9. The van der Waals surface area contributed by atoms with Crippen molar-refractivity contribution >= 4 is 11.9 Å². The molecule has 4 fully saturated rings. The molecule has 0 spiro atoms. The van der Waals surface area contributed by atoms with Gasteiger partial charge in [0.2, 0.25) is 0 Å². The molecule has 0 radical (unpaired) electrons. The average molecular weight is 296 g/mol. The van der Waals surface area contributed by atoms with E-state index < -0.39 is 11.9 Å². The zero-order chi connectivity index (χ0) is 14.4. The summed E-state index contributed by atoms with van der Waals surface area (Å²) in [6.07, 6.45) is 5.82. The topological polar surface area (TPSA) is 77.7 Å². The van der Waals surface area contributed by atoms with Gasteiger partial charge in [0.15, 0.2) is 0 Å². The van der Waals surface area contributed by atoms with E-state index in [-0.39, 0.29) is 30.8 Å². The van der Waals surface area contributed by atoms with Gasteiger partial charge < -0.3 is 18.9 Å². The molecule has 6 atom stereocenters. The smallest absolute Gasteiger partial charge is 0.317 e. The molecule has 2 saturated heterocycles. The third-order valence-electron chi connectivity index (χ3n) is 4.80. The number of hydrogen-bond donors (Lipinski definition) is 0. The second kappa shape index (κ2) is 5.25. The number of carbonyl (C=O) groups excluding carboxylic acids is 2. The third-order valence-corrected chi connectivity index (χ3v) is 4.80. The van der Waals surface area contributed by atoms with Crippen molar-refractivity contribution in [3.8, 4) is 0 Å². The lowest BCUT2D eigenvalue weighted by molar-refractivity contribution is -0.161. The van der Waals surface area contributed by atoms with Crippen LogP contribution in [0.25, 0.3) is 0 Å². The van der Waals surface area contributed by atoms with Crippen LogP contribution in [-0.2, 0) is 28.5 Å². The second-order valence-electron chi connectivity index (χ2n) is 6.45. The number of fused-ring (bicyclic) bond motifs is 2. The molecule has 0 aromatic carbocycles. The number of carbonyl (C=O) groups is 2. The summed E-state index contributed by atoms with van der Waals surface area (Å²) in [6.45, 7) is 0. The summed E-state index contributed by atoms with van der Waals surface area (Å²) < 4.78 is 21.4. The normalized spacial score (nSPS) is 43.2. The molecule has 0 bridgehead atoms. The van der Waals surface area contributed by atoms with E-state index in [1.54, 1.807) is 0 Å². The number of ether oxygens (including phenoxy) is 4. The summed E-state index contributed by atoms with van der Waals surface area (Å²) >= 11 is 0. The van der Waals surface area contributed by atoms with Gasteiger partial charge in [0, 0.05) is 12.8 Å². The van der Waals surface area contributed by atoms with Gasteiger partial charge in [0.05, 0.1) is 24.4 Å². The van der Waals surface area contributed by atoms with Gasteiger partial charge in [-0.1, -0.05) is 0 Å². The lowest BCUT2D eigenvalue weighted by atomic mass is 9.98. The van der Waals surface area contributed by atoms with E-state index in [9.17, 15) is 9.59 Å². The number of esters is 2. The average Bonchev–Trinajstić information content (AvgIpc) is 3.31. The second-order valence-corrected chi connectivity index (χ2v) is 6.45. The van der Waals surface area contributed by atoms with Crippen LogP contribution in [0.5, 0.6) is 0 Å². The molecule has 2 saturated carbocycles. The summed E-state index contributed by atoms with van der Waals surface area (Å²) in [5, 5.41) is 0. The molecule has 0 aromatic heterocycles. The van der Waals surface area contributed by atoms with E-state index in [4.69, 9.17) is 18.9 Å². The Morgan fingerprint density at radius 2 is 1.24 bits per heavy atom. The molecule has 4 rings (SSSR count). The maximum absolute atomic E-state index is 11.8. The Bertz CT molecular complexity index is 409. The summed E-state index contributed by atoms with van der Waals surface area (Å²) in [4.78, 5) is 23.5. The van der Waals surface area contributed by atoms with Crippen LogP contribution in [0.15, 0.2) is 0 Å². The molecule has 6 heteroatoms. The molecule has 116 valence electrons. The quantitative estimate of drug-likeness (QED) is 0.439. The lowest BCUT2D eigenvalue weighted by Crippen LogP contribution is -2.28. The van der Waals surface area contributed by atoms with Gasteiger partial charge in [-0.15, -0.1) is 0 Å². The van der Waals surface area contributed by atoms with Crippen molar-refractivity contribution in [3.05, 3.63) is 0 Å². The molecule has 4 aliphatic rings. The summed E-state index contributed by atoms with van der Waals surface area (Å²) in [5.41, 5.74) is 0. The van der Waals surface area contributed by atoms with Gasteiger partial charge in [0.1, 0.15) is 18.6 Å². The van der Waals surface area contributed by atoms with Crippen molar-refractivity contribution in [2.45, 2.75) is 81.6 Å². The van der Waals surface area contributed by atoms with Crippen LogP contribution < -0.4 is 0 Å². The predicted molar refractivity (Wildman–Crippen MR) is 69.4 cm³/mol. The molecule has 2 heterocycles. The first-order valence-electron chi connectivity index (χ1n) is 7.87. The lowest BCUT2D eigenvalue weighted by Gasteiger charge is -2.21. The van der Waals surface area contributed by atoms with E-state index in [1.807, 2.05) is 0 Å². The van der Waals surface area contributed by atoms with Crippen molar-refractivity contribution < 1.29 is 28.5 Å². The summed E-state index contributed by atoms with van der Waals surface area (Å²) in [6, 6.07) is 0. The van der Waals surface area contributed by atoms with E-state index in [0.717, 1.165) is 38.5 Å². The summed E-state index contributed by atoms with van der Waals surface area (Å²) in [5.74, 6) is -0.971. The summed E-state index contributed by atoms with van der Waals surface area (Å²) in [7, 11) is 0. The Labute approximate surface area is 123 Å². The number of rotatable bonds is 4. The molecule has 2 aliphatic carbocycles. The van der Waals surface area contributed by atoms with Crippen molar-refractivity contribution in [1.82, 2.24) is 0 Å². The van der Waals surface area contributed by atoms with Gasteiger partial charge in [-0.3, -0.25) is 9.59 Å². The Morgan fingerprint density at radius 1 is 0.762 bits per heavy atom. The van der Waals surface area contributed by atoms with Crippen LogP contribution in [0.1, 0.15) is 44.9 Å². The first kappa shape index (κ1) is 13.5. The van der Waals surface area contributed by atoms with Gasteiger partial charge in [-0.25, -0.2) is 0 Å². The van der Waals surface area contributed by atoms with E-state index in [2.05, 4.69) is 0 Å². The molecule has 0 aromatic rings. The van der Waals surface area contributed by atoms with Gasteiger partial charge in [-0.2, -0.15) is 0 Å². The highest BCUT2D eigenvalue weighted by Gasteiger charge is 2.46. The largest absolute Gasteiger partial charge is 0.462 e. The Balaban J connectivity index is 1.18. The maximum Gasteiger partial charge on any atom is 0.317 e. The standard InChI is InChI=1S/C15H20O6/c16-14(18-8-1-3-10-12(5-8)20-10)7-15(17)19-9-2-4-11-13(6-9)21-11/h8-13H,1-7H2. The van der Waals surface area contributed by atoms with Crippen LogP contribution in [-0.4, -0.2) is 48.6 Å². The van der Waals surface area contributed by atoms with Gasteiger partial charge in [-0.05, 0) is 25.7 Å². The molecular formula is C15H20O6. The van der Waals surface area contributed by atoms with Crippen LogP contribution in [0.3, 0.4) is 0 Å². The minimum atomic E-state index is -0.486. The van der Waals surface area contributed by atoms with Crippen LogP contribution in [0, 0.1) is 0 Å². The van der Waals surface area contributed by atoms with E-state index >= 15 is 0 Å². The van der Waals surface area contributed by atoms with Crippen LogP contribution in [0.4, 0.5) is 0 Å². The van der Waals surface area contributed by atoms with Gasteiger partial charge in [0.25, 0.3) is 0 Å². The molecule has 0 amide bonds. The predicted octanol–water partition coefficient (Wildman–Crippen LogP) is 1.10. The zero-order valence-electron chi connectivity index (χ0n) is 11.9. The first-order valence-corrected chi connectivity index (χ1v) is 7.87. The van der Waals surface area contributed by atoms with Crippen molar-refractivity contribution in [2.24, 2.45) is 0 Å². The Morgan fingerprint density at radius 3 is 1.67 bits per heavy atom. The fourth-order valence-corrected chi connectivity index (χ4v) is 3.52. The number of hydrogen-bond acceptors (Lipinski definition) is 6. The Kier molecular flexibility index (Phi) is 3.38. The van der Waals surface area contributed by atoms with Crippen LogP contribution >= 0.6 is 0 Å². The third kappa shape index (κ3) is 3.21. The highest BCUT2D eigenvalue weighted by atomic mass is 16.6. The molecule has 6 unspecified atom stereocenters. The van der Waals surface area contributed by atoms with Crippen molar-refractivity contribution in [1.29, 1.82) is 0 Å². The highest BCUT2D eigenvalue weighted by Crippen LogP contribution is 2.38. The van der Waals surface area contributed by atoms with Gasteiger partial charge >= 0.3 is 11.9 Å². The Hall–Kier alpha value is -1.14. The fourth-order valence-electron chi connectivity index (χ4n) is 3.52. The van der Waals surface area contributed by atoms with Crippen molar-refractivity contribution in [2.75, 3.05) is 0 Å². The highest BCUT2D eigenvalue weighted by molar-refractivity contribution is 5.91.